The summed E-state index contributed by atoms with van der Waals surface area (Å²) >= 11 is 0. The third kappa shape index (κ3) is 3.37. The lowest BCUT2D eigenvalue weighted by Gasteiger charge is -2.47. The smallest absolute Gasteiger partial charge is 0.313 e. The van der Waals surface area contributed by atoms with Gasteiger partial charge in [-0.25, -0.2) is 0 Å². The highest BCUT2D eigenvalue weighted by atomic mass is 16.2. The summed E-state index contributed by atoms with van der Waals surface area (Å²) < 4.78 is 0. The van der Waals surface area contributed by atoms with E-state index in [1.807, 2.05) is 32.0 Å². The summed E-state index contributed by atoms with van der Waals surface area (Å²) in [6.45, 7) is 6.54. The van der Waals surface area contributed by atoms with Gasteiger partial charge in [0.2, 0.25) is 0 Å². The minimum atomic E-state index is -0.504. The monoisotopic (exact) mass is 355 g/mol. The van der Waals surface area contributed by atoms with Gasteiger partial charge >= 0.3 is 11.8 Å². The Hall–Kier alpha value is -1.88. The predicted molar refractivity (Wildman–Crippen MR) is 102 cm³/mol. The Balaban J connectivity index is 1.40. The largest absolute Gasteiger partial charge is 0.334 e. The first-order valence-electron chi connectivity index (χ1n) is 9.97. The molecule has 3 fully saturated rings. The highest BCUT2D eigenvalue weighted by Crippen LogP contribution is 2.38. The quantitative estimate of drug-likeness (QED) is 0.830. The zero-order valence-electron chi connectivity index (χ0n) is 15.8. The van der Waals surface area contributed by atoms with Crippen molar-refractivity contribution in [3.63, 3.8) is 0 Å². The first-order chi connectivity index (χ1) is 12.5. The van der Waals surface area contributed by atoms with Crippen LogP contribution in [-0.2, 0) is 9.59 Å². The van der Waals surface area contributed by atoms with Crippen LogP contribution in [0.4, 0.5) is 5.69 Å². The van der Waals surface area contributed by atoms with Crippen LogP contribution in [0.5, 0.6) is 0 Å². The number of carbonyl (C=O) groups is 2. The minimum absolute atomic E-state index is 0.380. The fraction of sp³-hybridized carbons (Fsp3) is 0.619. The van der Waals surface area contributed by atoms with Gasteiger partial charge in [0.1, 0.15) is 0 Å². The molecule has 2 heterocycles. The van der Waals surface area contributed by atoms with E-state index in [0.29, 0.717) is 18.5 Å². The zero-order valence-corrected chi connectivity index (χ0v) is 15.8. The summed E-state index contributed by atoms with van der Waals surface area (Å²) in [5, 5.41) is 2.84. The molecule has 0 radical (unpaired) electrons. The second kappa shape index (κ2) is 7.03. The Morgan fingerprint density at radius 3 is 2.46 bits per heavy atom. The van der Waals surface area contributed by atoms with E-state index in [4.69, 9.17) is 0 Å². The highest BCUT2D eigenvalue weighted by molar-refractivity contribution is 6.39. The molecule has 0 bridgehead atoms. The normalized spacial score (nSPS) is 26.3. The molecule has 5 heteroatoms. The summed E-state index contributed by atoms with van der Waals surface area (Å²) in [5.41, 5.74) is 2.73. The maximum Gasteiger partial charge on any atom is 0.313 e. The third-order valence-electron chi connectivity index (χ3n) is 6.33. The number of hydrogen-bond donors (Lipinski definition) is 1. The Morgan fingerprint density at radius 2 is 1.77 bits per heavy atom. The maximum atomic E-state index is 12.7. The molecule has 0 spiro atoms. The number of nitrogens with zero attached hydrogens (tertiary/aromatic N) is 2. The van der Waals surface area contributed by atoms with Gasteiger partial charge in [0.05, 0.1) is 0 Å². The fourth-order valence-corrected chi connectivity index (χ4v) is 4.81. The lowest BCUT2D eigenvalue weighted by Crippen LogP contribution is -2.57. The molecule has 2 amide bonds. The van der Waals surface area contributed by atoms with Crippen molar-refractivity contribution in [2.75, 3.05) is 25.0 Å². The summed E-state index contributed by atoms with van der Waals surface area (Å²) in [5.74, 6) is -0.361. The maximum absolute atomic E-state index is 12.7. The molecule has 2 unspecified atom stereocenters. The van der Waals surface area contributed by atoms with E-state index < -0.39 is 5.91 Å². The molecule has 1 N–H and O–H groups in total. The van der Waals surface area contributed by atoms with Crippen LogP contribution in [0, 0.1) is 19.8 Å². The van der Waals surface area contributed by atoms with Crippen LogP contribution in [-0.4, -0.2) is 53.3 Å². The second-order valence-electron chi connectivity index (χ2n) is 8.20. The van der Waals surface area contributed by atoms with Gasteiger partial charge in [0.25, 0.3) is 0 Å². The Kier molecular flexibility index (Phi) is 4.74. The molecule has 140 valence electrons. The van der Waals surface area contributed by atoms with Crippen LogP contribution in [0.2, 0.25) is 0 Å². The Labute approximate surface area is 155 Å². The Bertz CT molecular complexity index is 693. The lowest BCUT2D eigenvalue weighted by atomic mass is 9.83. The lowest BCUT2D eigenvalue weighted by molar-refractivity contribution is -0.145. The molecule has 2 atom stereocenters. The van der Waals surface area contributed by atoms with E-state index in [9.17, 15) is 9.59 Å². The molecule has 26 heavy (non-hydrogen) atoms. The minimum Gasteiger partial charge on any atom is -0.334 e. The number of benzene rings is 1. The van der Waals surface area contributed by atoms with E-state index in [1.54, 1.807) is 4.90 Å². The number of anilines is 1. The predicted octanol–water partition coefficient (Wildman–Crippen LogP) is 2.72. The molecule has 1 saturated carbocycles. The topological polar surface area (TPSA) is 52.7 Å². The van der Waals surface area contributed by atoms with Crippen molar-refractivity contribution in [1.29, 1.82) is 0 Å². The van der Waals surface area contributed by atoms with Crippen molar-refractivity contribution in [3.05, 3.63) is 29.3 Å². The van der Waals surface area contributed by atoms with E-state index in [-0.39, 0.29) is 5.91 Å². The van der Waals surface area contributed by atoms with Crippen LogP contribution in [0.1, 0.15) is 43.2 Å². The Morgan fingerprint density at radius 1 is 1.04 bits per heavy atom. The number of hydrogen-bond acceptors (Lipinski definition) is 3. The van der Waals surface area contributed by atoms with Crippen molar-refractivity contribution in [3.8, 4) is 0 Å². The van der Waals surface area contributed by atoms with Gasteiger partial charge in [0.15, 0.2) is 0 Å². The van der Waals surface area contributed by atoms with Gasteiger partial charge in [-0.05, 0) is 69.5 Å². The van der Waals surface area contributed by atoms with Crippen molar-refractivity contribution in [2.45, 2.75) is 58.0 Å². The number of nitrogens with one attached hydrogen (secondary N) is 1. The molecule has 1 aliphatic carbocycles. The molecule has 5 nitrogen and oxygen atoms in total. The van der Waals surface area contributed by atoms with Gasteiger partial charge in [0, 0.05) is 30.9 Å². The molecule has 4 rings (SSSR count). The van der Waals surface area contributed by atoms with Gasteiger partial charge in [-0.3, -0.25) is 14.5 Å². The van der Waals surface area contributed by atoms with E-state index in [1.165, 1.54) is 32.2 Å². The van der Waals surface area contributed by atoms with Gasteiger partial charge in [-0.1, -0.05) is 18.2 Å². The van der Waals surface area contributed by atoms with Gasteiger partial charge < -0.3 is 10.2 Å². The first-order valence-corrected chi connectivity index (χ1v) is 9.97. The second-order valence-corrected chi connectivity index (χ2v) is 8.20. The number of aryl methyl sites for hydroxylation is 2. The van der Waals surface area contributed by atoms with Crippen molar-refractivity contribution in [2.24, 2.45) is 5.92 Å². The SMILES string of the molecule is Cc1cccc(C)c1NC(=O)C(=O)N1CCC2C(CCCN2C2CC2)C1. The fourth-order valence-electron chi connectivity index (χ4n) is 4.81. The molecule has 2 saturated heterocycles. The zero-order chi connectivity index (χ0) is 18.3. The standard InChI is InChI=1S/C21H29N3O2/c1-14-5-3-6-15(2)19(14)22-20(25)21(26)23-12-10-18-16(13-23)7-4-11-24(18)17-8-9-17/h3,5-6,16-18H,4,7-13H2,1-2H3,(H,22,25). The summed E-state index contributed by atoms with van der Waals surface area (Å²) in [6.07, 6.45) is 6.07. The van der Waals surface area contributed by atoms with Crippen molar-refractivity contribution >= 4 is 17.5 Å². The number of amides is 2. The third-order valence-corrected chi connectivity index (χ3v) is 6.33. The number of carbonyl (C=O) groups excluding carboxylic acids is 2. The summed E-state index contributed by atoms with van der Waals surface area (Å²) in [4.78, 5) is 29.7. The van der Waals surface area contributed by atoms with Gasteiger partial charge in [-0.15, -0.1) is 0 Å². The number of piperidine rings is 2. The average molecular weight is 355 g/mol. The molecular formula is C21H29N3O2. The molecule has 3 aliphatic rings. The average Bonchev–Trinajstić information content (AvgIpc) is 3.48. The van der Waals surface area contributed by atoms with E-state index in [2.05, 4.69) is 10.2 Å². The molecule has 1 aromatic rings. The molecule has 0 aromatic heterocycles. The molecule has 2 aliphatic heterocycles. The number of rotatable bonds is 2. The van der Waals surface area contributed by atoms with Crippen LogP contribution in [0.3, 0.4) is 0 Å². The highest BCUT2D eigenvalue weighted by Gasteiger charge is 2.43. The first kappa shape index (κ1) is 17.5. The summed E-state index contributed by atoms with van der Waals surface area (Å²) in [7, 11) is 0. The van der Waals surface area contributed by atoms with Crippen LogP contribution < -0.4 is 5.32 Å². The molecular weight excluding hydrogens is 326 g/mol. The van der Waals surface area contributed by atoms with Crippen molar-refractivity contribution in [1.82, 2.24) is 9.80 Å². The van der Waals surface area contributed by atoms with Crippen molar-refractivity contribution < 1.29 is 9.59 Å². The number of para-hydroxylation sites is 1. The van der Waals surface area contributed by atoms with E-state index in [0.717, 1.165) is 35.8 Å². The number of likely N-dealkylation sites (tertiary alicyclic amines) is 2. The molecule has 1 aromatic carbocycles. The summed E-state index contributed by atoms with van der Waals surface area (Å²) in [6, 6.07) is 7.27. The van der Waals surface area contributed by atoms with E-state index >= 15 is 0 Å². The van der Waals surface area contributed by atoms with Crippen LogP contribution in [0.15, 0.2) is 18.2 Å². The van der Waals surface area contributed by atoms with Crippen LogP contribution in [0.25, 0.3) is 0 Å². The van der Waals surface area contributed by atoms with Gasteiger partial charge in [-0.2, -0.15) is 0 Å². The number of fused-ring (bicyclic) bond motifs is 1. The van der Waals surface area contributed by atoms with Crippen LogP contribution >= 0.6 is 0 Å².